The Morgan fingerprint density at radius 1 is 1.03 bits per heavy atom. The van der Waals surface area contributed by atoms with Crippen molar-refractivity contribution in [2.45, 2.75) is 56.5 Å². The number of nitrogens with zero attached hydrogens (tertiary/aromatic N) is 1. The molecule has 1 saturated carbocycles. The molecule has 2 aromatic rings. The van der Waals surface area contributed by atoms with Crippen LogP contribution in [-0.2, 0) is 4.79 Å². The zero-order chi connectivity index (χ0) is 21.1. The molecular weight excluding hydrogens is 399 g/mol. The number of nitrogens with one attached hydrogen (secondary N) is 1. The molecule has 1 heterocycles. The highest BCUT2D eigenvalue weighted by atomic mass is 32.2. The highest BCUT2D eigenvalue weighted by Gasteiger charge is 2.43. The molecule has 1 N–H and O–H groups in total. The standard InChI is InChI=1S/C24H27FN2O2S/c1-16-7-5-6-10-20(16)23(29)27-21(22(28)26-19-8-3-2-4-9-19)15-30-24(27)17-11-13-18(25)14-12-17/h5-7,10-14,19,21,24H,2-4,8-9,15H2,1H3,(H,26,28). The summed E-state index contributed by atoms with van der Waals surface area (Å²) in [6, 6.07) is 13.3. The summed E-state index contributed by atoms with van der Waals surface area (Å²) >= 11 is 1.56. The molecule has 4 nitrogen and oxygen atoms in total. The van der Waals surface area contributed by atoms with E-state index in [-0.39, 0.29) is 29.0 Å². The first-order valence-electron chi connectivity index (χ1n) is 10.6. The van der Waals surface area contributed by atoms with Crippen LogP contribution in [0.25, 0.3) is 0 Å². The number of thioether (sulfide) groups is 1. The second-order valence-electron chi connectivity index (χ2n) is 8.12. The van der Waals surface area contributed by atoms with Crippen LogP contribution >= 0.6 is 11.8 Å². The van der Waals surface area contributed by atoms with E-state index in [1.807, 2.05) is 25.1 Å². The summed E-state index contributed by atoms with van der Waals surface area (Å²) in [6.45, 7) is 1.90. The largest absolute Gasteiger partial charge is 0.352 e. The maximum Gasteiger partial charge on any atom is 0.256 e. The molecule has 0 radical (unpaired) electrons. The van der Waals surface area contributed by atoms with E-state index in [1.165, 1.54) is 18.6 Å². The van der Waals surface area contributed by atoms with Crippen LogP contribution in [0, 0.1) is 12.7 Å². The number of halogens is 1. The Bertz CT molecular complexity index is 912. The molecule has 2 aromatic carbocycles. The van der Waals surface area contributed by atoms with Crippen LogP contribution in [0.1, 0.15) is 59.0 Å². The molecule has 6 heteroatoms. The van der Waals surface area contributed by atoms with Crippen LogP contribution in [0.4, 0.5) is 4.39 Å². The van der Waals surface area contributed by atoms with Crippen LogP contribution in [0.15, 0.2) is 48.5 Å². The van der Waals surface area contributed by atoms with Crippen LogP contribution in [0.2, 0.25) is 0 Å². The molecule has 1 saturated heterocycles. The van der Waals surface area contributed by atoms with E-state index in [4.69, 9.17) is 0 Å². The zero-order valence-corrected chi connectivity index (χ0v) is 18.0. The van der Waals surface area contributed by atoms with Crippen molar-refractivity contribution in [3.05, 3.63) is 71.0 Å². The monoisotopic (exact) mass is 426 g/mol. The Morgan fingerprint density at radius 2 is 1.73 bits per heavy atom. The van der Waals surface area contributed by atoms with Gasteiger partial charge in [-0.15, -0.1) is 11.8 Å². The quantitative estimate of drug-likeness (QED) is 0.761. The van der Waals surface area contributed by atoms with Gasteiger partial charge in [0.15, 0.2) is 0 Å². The van der Waals surface area contributed by atoms with Gasteiger partial charge in [-0.1, -0.05) is 49.6 Å². The minimum atomic E-state index is -0.543. The van der Waals surface area contributed by atoms with E-state index in [1.54, 1.807) is 34.9 Å². The molecule has 2 atom stereocenters. The third-order valence-electron chi connectivity index (χ3n) is 6.02. The predicted octanol–water partition coefficient (Wildman–Crippen LogP) is 4.84. The fourth-order valence-electron chi connectivity index (χ4n) is 4.34. The molecule has 158 valence electrons. The number of aryl methyl sites for hydroxylation is 1. The minimum absolute atomic E-state index is 0.0825. The van der Waals surface area contributed by atoms with E-state index in [0.717, 1.165) is 36.8 Å². The van der Waals surface area contributed by atoms with Crippen LogP contribution in [0.5, 0.6) is 0 Å². The molecule has 1 aliphatic carbocycles. The fraction of sp³-hybridized carbons (Fsp3) is 0.417. The smallest absolute Gasteiger partial charge is 0.256 e. The maximum absolute atomic E-state index is 13.6. The van der Waals surface area contributed by atoms with Gasteiger partial charge < -0.3 is 10.2 Å². The zero-order valence-electron chi connectivity index (χ0n) is 17.1. The summed E-state index contributed by atoms with van der Waals surface area (Å²) in [5, 5.41) is 2.87. The normalized spacial score (nSPS) is 22.1. The summed E-state index contributed by atoms with van der Waals surface area (Å²) in [7, 11) is 0. The number of amides is 2. The van der Waals surface area contributed by atoms with Gasteiger partial charge in [0.25, 0.3) is 5.91 Å². The summed E-state index contributed by atoms with van der Waals surface area (Å²) in [5.74, 6) is -0.0274. The minimum Gasteiger partial charge on any atom is -0.352 e. The molecule has 2 fully saturated rings. The summed E-state index contributed by atoms with van der Waals surface area (Å²) in [4.78, 5) is 28.5. The first-order valence-corrected chi connectivity index (χ1v) is 11.6. The van der Waals surface area contributed by atoms with E-state index in [0.29, 0.717) is 11.3 Å². The van der Waals surface area contributed by atoms with Crippen molar-refractivity contribution in [3.8, 4) is 0 Å². The number of benzene rings is 2. The van der Waals surface area contributed by atoms with Gasteiger partial charge in [-0.2, -0.15) is 0 Å². The predicted molar refractivity (Wildman–Crippen MR) is 118 cm³/mol. The van der Waals surface area contributed by atoms with Crippen molar-refractivity contribution in [2.75, 3.05) is 5.75 Å². The molecule has 2 aliphatic rings. The van der Waals surface area contributed by atoms with Gasteiger partial charge in [-0.05, 0) is 49.1 Å². The average Bonchev–Trinajstić information content (AvgIpc) is 3.20. The Kier molecular flexibility index (Phi) is 6.42. The summed E-state index contributed by atoms with van der Waals surface area (Å²) in [5.41, 5.74) is 2.31. The number of carbonyl (C=O) groups excluding carboxylic acids is 2. The SMILES string of the molecule is Cc1ccccc1C(=O)N1C(C(=O)NC2CCCCC2)CSC1c1ccc(F)cc1. The van der Waals surface area contributed by atoms with Crippen molar-refractivity contribution in [3.63, 3.8) is 0 Å². The van der Waals surface area contributed by atoms with Gasteiger partial charge in [0, 0.05) is 17.4 Å². The van der Waals surface area contributed by atoms with E-state index in [9.17, 15) is 14.0 Å². The van der Waals surface area contributed by atoms with Gasteiger partial charge in [0.2, 0.25) is 5.91 Å². The first-order chi connectivity index (χ1) is 14.5. The van der Waals surface area contributed by atoms with Crippen molar-refractivity contribution in [2.24, 2.45) is 0 Å². The Hall–Kier alpha value is -2.34. The van der Waals surface area contributed by atoms with Crippen molar-refractivity contribution >= 4 is 23.6 Å². The van der Waals surface area contributed by atoms with Crippen LogP contribution in [-0.4, -0.2) is 34.6 Å². The van der Waals surface area contributed by atoms with Crippen molar-refractivity contribution in [1.82, 2.24) is 10.2 Å². The number of rotatable bonds is 4. The number of hydrogen-bond acceptors (Lipinski definition) is 3. The van der Waals surface area contributed by atoms with Gasteiger partial charge in [-0.25, -0.2) is 4.39 Å². The third kappa shape index (κ3) is 4.38. The molecule has 30 heavy (non-hydrogen) atoms. The molecule has 2 unspecified atom stereocenters. The van der Waals surface area contributed by atoms with E-state index in [2.05, 4.69) is 5.32 Å². The highest BCUT2D eigenvalue weighted by Crippen LogP contribution is 2.42. The third-order valence-corrected chi connectivity index (χ3v) is 7.34. The molecule has 0 bridgehead atoms. The maximum atomic E-state index is 13.6. The molecule has 1 aliphatic heterocycles. The van der Waals surface area contributed by atoms with Gasteiger partial charge in [-0.3, -0.25) is 9.59 Å². The van der Waals surface area contributed by atoms with Crippen LogP contribution in [0.3, 0.4) is 0 Å². The Balaban J connectivity index is 1.63. The lowest BCUT2D eigenvalue weighted by atomic mass is 9.95. The van der Waals surface area contributed by atoms with E-state index < -0.39 is 6.04 Å². The fourth-order valence-corrected chi connectivity index (χ4v) is 5.77. The Labute approximate surface area is 181 Å². The van der Waals surface area contributed by atoms with Crippen molar-refractivity contribution < 1.29 is 14.0 Å². The summed E-state index contributed by atoms with van der Waals surface area (Å²) in [6.07, 6.45) is 5.48. The lowest BCUT2D eigenvalue weighted by Crippen LogP contribution is -2.50. The molecule has 0 spiro atoms. The first kappa shape index (κ1) is 20.9. The second kappa shape index (κ2) is 9.21. The molecule has 4 rings (SSSR count). The molecule has 0 aromatic heterocycles. The highest BCUT2D eigenvalue weighted by molar-refractivity contribution is 7.99. The Morgan fingerprint density at radius 3 is 2.43 bits per heavy atom. The number of hydrogen-bond donors (Lipinski definition) is 1. The number of carbonyl (C=O) groups is 2. The van der Waals surface area contributed by atoms with Gasteiger partial charge in [0.05, 0.1) is 0 Å². The topological polar surface area (TPSA) is 49.4 Å². The van der Waals surface area contributed by atoms with Gasteiger partial charge in [0.1, 0.15) is 17.2 Å². The average molecular weight is 427 g/mol. The second-order valence-corrected chi connectivity index (χ2v) is 9.24. The lowest BCUT2D eigenvalue weighted by Gasteiger charge is -2.31. The lowest BCUT2D eigenvalue weighted by molar-refractivity contribution is -0.125. The van der Waals surface area contributed by atoms with Crippen LogP contribution < -0.4 is 5.32 Å². The molecular formula is C24H27FN2O2S. The van der Waals surface area contributed by atoms with Gasteiger partial charge >= 0.3 is 0 Å². The van der Waals surface area contributed by atoms with E-state index >= 15 is 0 Å². The molecule has 2 amide bonds. The summed E-state index contributed by atoms with van der Waals surface area (Å²) < 4.78 is 13.5. The van der Waals surface area contributed by atoms with Crippen molar-refractivity contribution in [1.29, 1.82) is 0 Å².